The van der Waals surface area contributed by atoms with E-state index >= 15 is 0 Å². The number of aliphatic hydroxyl groups is 5. The third-order valence-electron chi connectivity index (χ3n) is 7.83. The van der Waals surface area contributed by atoms with Gasteiger partial charge in [-0.2, -0.15) is 0 Å². The number of fused-ring (bicyclic) bond motifs is 3. The lowest BCUT2D eigenvalue weighted by Crippen LogP contribution is -2.70. The molecule has 14 heteroatoms. The largest absolute Gasteiger partial charge is 0.508 e. The molecule has 6 unspecified atom stereocenters. The number of benzene rings is 1. The molecule has 13 nitrogen and oxygen atoms in total. The number of phenols is 1. The van der Waals surface area contributed by atoms with E-state index in [1.807, 2.05) is 0 Å². The van der Waals surface area contributed by atoms with E-state index in [1.165, 1.54) is 31.1 Å². The second kappa shape index (κ2) is 9.71. The van der Waals surface area contributed by atoms with E-state index in [2.05, 4.69) is 21.2 Å². The van der Waals surface area contributed by atoms with Gasteiger partial charge in [0.05, 0.1) is 35.9 Å². The van der Waals surface area contributed by atoms with Gasteiger partial charge in [0.2, 0.25) is 11.7 Å². The van der Waals surface area contributed by atoms with Crippen LogP contribution >= 0.6 is 15.9 Å². The fraction of sp³-hybridized carbons (Fsp3) is 0.440. The van der Waals surface area contributed by atoms with Crippen LogP contribution in [0.2, 0.25) is 0 Å². The highest BCUT2D eigenvalue weighted by Crippen LogP contribution is 2.56. The highest BCUT2D eigenvalue weighted by Gasteiger charge is 2.68. The average Bonchev–Trinajstić information content (AvgIpc) is 2.86. The summed E-state index contributed by atoms with van der Waals surface area (Å²) in [6.45, 7) is 1.05. The molecule has 9 N–H and O–H groups in total. The number of halogens is 1. The molecule has 1 saturated carbocycles. The number of anilines is 1. The van der Waals surface area contributed by atoms with Gasteiger partial charge in [0.15, 0.2) is 11.4 Å². The molecule has 0 saturated heterocycles. The molecule has 1 aromatic carbocycles. The van der Waals surface area contributed by atoms with Gasteiger partial charge in [-0.25, -0.2) is 0 Å². The van der Waals surface area contributed by atoms with Gasteiger partial charge in [-0.05, 0) is 31.6 Å². The molecule has 39 heavy (non-hydrogen) atoms. The number of carbonyl (C=O) groups is 4. The Kier molecular flexibility index (Phi) is 7.15. The maximum absolute atomic E-state index is 13.9. The molecule has 0 bridgehead atoms. The van der Waals surface area contributed by atoms with Crippen LogP contribution in [0.4, 0.5) is 5.69 Å². The van der Waals surface area contributed by atoms with Crippen LogP contribution in [0, 0.1) is 11.8 Å². The van der Waals surface area contributed by atoms with Gasteiger partial charge >= 0.3 is 0 Å². The van der Waals surface area contributed by atoms with Crippen LogP contribution < -0.4 is 11.1 Å². The number of carbonyl (C=O) groups excluding carboxylic acids is 4. The third-order valence-corrected chi connectivity index (χ3v) is 8.54. The van der Waals surface area contributed by atoms with Gasteiger partial charge in [-0.15, -0.1) is 0 Å². The minimum Gasteiger partial charge on any atom is -0.508 e. The molecule has 7 atom stereocenters. The van der Waals surface area contributed by atoms with Crippen molar-refractivity contribution in [2.45, 2.75) is 35.4 Å². The quantitative estimate of drug-likeness (QED) is 0.117. The maximum Gasteiger partial charge on any atom is 0.255 e. The second-order valence-corrected chi connectivity index (χ2v) is 11.2. The summed E-state index contributed by atoms with van der Waals surface area (Å²) in [7, 11) is 2.84. The Balaban J connectivity index is 1.97. The first-order valence-corrected chi connectivity index (χ1v) is 12.8. The Morgan fingerprint density at radius 2 is 1.82 bits per heavy atom. The predicted molar refractivity (Wildman–Crippen MR) is 139 cm³/mol. The third kappa shape index (κ3) is 3.89. The molecule has 2 amide bonds. The average molecular weight is 610 g/mol. The maximum atomic E-state index is 13.9. The van der Waals surface area contributed by atoms with Crippen LogP contribution in [-0.2, 0) is 19.2 Å². The summed E-state index contributed by atoms with van der Waals surface area (Å²) in [5.41, 5.74) is 0.585. The summed E-state index contributed by atoms with van der Waals surface area (Å²) >= 11 is 2.97. The number of nitrogens with one attached hydrogen (secondary N) is 1. The zero-order valence-corrected chi connectivity index (χ0v) is 22.6. The number of alkyl halides is 1. The van der Waals surface area contributed by atoms with E-state index < -0.39 is 98.7 Å². The van der Waals surface area contributed by atoms with E-state index in [9.17, 15) is 49.8 Å². The van der Waals surface area contributed by atoms with E-state index in [4.69, 9.17) is 5.73 Å². The first-order chi connectivity index (χ1) is 18.1. The van der Waals surface area contributed by atoms with Crippen LogP contribution in [-0.4, -0.2) is 102 Å². The molecule has 0 aliphatic heterocycles. The van der Waals surface area contributed by atoms with Crippen molar-refractivity contribution in [3.8, 4) is 5.75 Å². The van der Waals surface area contributed by atoms with Gasteiger partial charge in [0.25, 0.3) is 5.91 Å². The molecule has 0 spiro atoms. The number of Topliss-reactive ketones (excluding diaryl/α,β-unsaturated/α-hetero) is 2. The van der Waals surface area contributed by atoms with Gasteiger partial charge in [-0.1, -0.05) is 28.9 Å². The molecule has 1 fully saturated rings. The Morgan fingerprint density at radius 1 is 1.21 bits per heavy atom. The Bertz CT molecular complexity index is 1370. The SMILES string of the molecule is CC1c2ccc(NC(=O)C(Br)CO)c(O)c2C(O)=C2C(=O)C3(O)C(O)=C(C(N)=O)C(=O)[C@@H](N(C)C)C3C(O)C21. The zero-order chi connectivity index (χ0) is 29.3. The first kappa shape index (κ1) is 28.7. The molecule has 3 aliphatic rings. The Hall–Kier alpha value is -3.30. The lowest BCUT2D eigenvalue weighted by atomic mass is 9.54. The normalized spacial score (nSPS) is 31.0. The minimum atomic E-state index is -3.02. The van der Waals surface area contributed by atoms with Crippen molar-refractivity contribution in [1.29, 1.82) is 0 Å². The molecule has 1 aromatic rings. The van der Waals surface area contributed by atoms with Crippen molar-refractivity contribution in [3.63, 3.8) is 0 Å². The lowest BCUT2D eigenvalue weighted by Gasteiger charge is -2.53. The standard InChI is InChI=1S/C25H28BrN3O10/c1-7-8-4-5-10(28-24(38)9(26)6-30)17(31)12(8)18(32)13-11(7)19(33)15-16(29(2)3)20(34)14(23(27)37)22(36)25(15,39)21(13)35/h4-5,7,9,11,15-16,19,30-33,36,39H,6H2,1-3H3,(H2,27,37)(H,28,38)/t7?,9?,11?,15?,16-,19?,25?/m0/s1. The second-order valence-electron chi connectivity index (χ2n) is 10.1. The number of likely N-dealkylation sites (N-methyl/N-ethyl adjacent to an activating group) is 1. The lowest BCUT2D eigenvalue weighted by molar-refractivity contribution is -0.169. The van der Waals surface area contributed by atoms with E-state index in [0.717, 1.165) is 0 Å². The van der Waals surface area contributed by atoms with Crippen molar-refractivity contribution < 1.29 is 49.8 Å². The van der Waals surface area contributed by atoms with E-state index in [-0.39, 0.29) is 16.8 Å². The number of aromatic hydroxyl groups is 1. The molecule has 3 aliphatic carbocycles. The molecule has 210 valence electrons. The number of nitrogens with zero attached hydrogens (tertiary/aromatic N) is 1. The predicted octanol–water partition coefficient (Wildman–Crippen LogP) is -0.810. The number of ketones is 2. The molecule has 0 aromatic heterocycles. The Morgan fingerprint density at radius 3 is 2.36 bits per heavy atom. The topological polar surface area (TPSA) is 231 Å². The van der Waals surface area contributed by atoms with Crippen molar-refractivity contribution in [2.75, 3.05) is 26.0 Å². The highest BCUT2D eigenvalue weighted by atomic mass is 79.9. The summed E-state index contributed by atoms with van der Waals surface area (Å²) in [4.78, 5) is 51.7. The number of phenolic OH excluding ortho intramolecular Hbond substituents is 1. The Labute approximate surface area is 230 Å². The van der Waals surface area contributed by atoms with Crippen molar-refractivity contribution >= 4 is 50.8 Å². The van der Waals surface area contributed by atoms with Gasteiger partial charge in [0, 0.05) is 11.5 Å². The number of amides is 2. The van der Waals surface area contributed by atoms with Gasteiger partial charge < -0.3 is 41.7 Å². The summed E-state index contributed by atoms with van der Waals surface area (Å²) in [5.74, 6) is -10.8. The number of rotatable bonds is 5. The smallest absolute Gasteiger partial charge is 0.255 e. The van der Waals surface area contributed by atoms with Crippen molar-refractivity contribution in [1.82, 2.24) is 4.90 Å². The zero-order valence-electron chi connectivity index (χ0n) is 21.0. The number of hydrogen-bond acceptors (Lipinski definition) is 11. The monoisotopic (exact) mass is 609 g/mol. The van der Waals surface area contributed by atoms with Crippen LogP contribution in [0.5, 0.6) is 5.75 Å². The first-order valence-electron chi connectivity index (χ1n) is 11.9. The summed E-state index contributed by atoms with van der Waals surface area (Å²) in [6.07, 6.45) is -1.71. The fourth-order valence-corrected chi connectivity index (χ4v) is 6.13. The number of aliphatic hydroxyl groups excluding tert-OH is 4. The fourth-order valence-electron chi connectivity index (χ4n) is 6.01. The molecular formula is C25H28BrN3O10. The highest BCUT2D eigenvalue weighted by molar-refractivity contribution is 9.10. The van der Waals surface area contributed by atoms with Crippen molar-refractivity contribution in [3.05, 3.63) is 40.2 Å². The summed E-state index contributed by atoms with van der Waals surface area (Å²) in [5, 5.41) is 68.0. The van der Waals surface area contributed by atoms with E-state index in [0.29, 0.717) is 0 Å². The van der Waals surface area contributed by atoms with Gasteiger partial charge in [0.1, 0.15) is 27.7 Å². The number of nitrogens with two attached hydrogens (primary N) is 1. The number of primary amides is 1. The van der Waals surface area contributed by atoms with Crippen molar-refractivity contribution in [2.24, 2.45) is 17.6 Å². The molecule has 4 rings (SSSR count). The molecular weight excluding hydrogens is 582 g/mol. The van der Waals surface area contributed by atoms with E-state index in [1.54, 1.807) is 6.92 Å². The van der Waals surface area contributed by atoms with Gasteiger partial charge in [-0.3, -0.25) is 24.1 Å². The summed E-state index contributed by atoms with van der Waals surface area (Å²) < 4.78 is 0. The molecule has 0 radical (unpaired) electrons. The molecule has 0 heterocycles. The van der Waals surface area contributed by atoms with Crippen LogP contribution in [0.25, 0.3) is 5.76 Å². The van der Waals surface area contributed by atoms with Crippen LogP contribution in [0.1, 0.15) is 24.0 Å². The van der Waals surface area contributed by atoms with Crippen LogP contribution in [0.15, 0.2) is 29.0 Å². The minimum absolute atomic E-state index is 0.162. The van der Waals surface area contributed by atoms with Crippen LogP contribution in [0.3, 0.4) is 0 Å². The number of hydrogen-bond donors (Lipinski definition) is 8. The summed E-state index contributed by atoms with van der Waals surface area (Å²) in [6, 6.07) is 1.35.